The Hall–Kier alpha value is -2.70. The highest BCUT2D eigenvalue weighted by Gasteiger charge is 2.12. The number of rotatable bonds is 8. The summed E-state index contributed by atoms with van der Waals surface area (Å²) in [6.45, 7) is 2.32. The van der Waals surface area contributed by atoms with Crippen molar-refractivity contribution in [3.8, 4) is 0 Å². The molecule has 25 heavy (non-hydrogen) atoms. The third kappa shape index (κ3) is 5.14. The van der Waals surface area contributed by atoms with E-state index in [0.717, 1.165) is 12.8 Å². The Morgan fingerprint density at radius 1 is 1.28 bits per heavy atom. The number of aryl methyl sites for hydroxylation is 1. The molecule has 134 valence electrons. The van der Waals surface area contributed by atoms with Gasteiger partial charge >= 0.3 is 5.97 Å². The summed E-state index contributed by atoms with van der Waals surface area (Å²) in [6.07, 6.45) is 2.20. The fourth-order valence-corrected chi connectivity index (χ4v) is 2.38. The summed E-state index contributed by atoms with van der Waals surface area (Å²) in [6, 6.07) is 7.08. The third-order valence-electron chi connectivity index (χ3n) is 3.85. The number of hydrogen-bond acceptors (Lipinski definition) is 5. The Balaban J connectivity index is 1.90. The Labute approximate surface area is 146 Å². The van der Waals surface area contributed by atoms with Gasteiger partial charge in [0.15, 0.2) is 6.61 Å². The first-order valence-electron chi connectivity index (χ1n) is 8.40. The molecule has 0 unspecified atom stereocenters. The summed E-state index contributed by atoms with van der Waals surface area (Å²) in [5, 5.41) is 3.22. The van der Waals surface area contributed by atoms with E-state index in [4.69, 9.17) is 4.74 Å². The number of fused-ring (bicyclic) bond motifs is 1. The van der Waals surface area contributed by atoms with E-state index >= 15 is 0 Å². The van der Waals surface area contributed by atoms with E-state index in [1.165, 1.54) is 4.57 Å². The zero-order valence-electron chi connectivity index (χ0n) is 14.6. The molecule has 7 nitrogen and oxygen atoms in total. The van der Waals surface area contributed by atoms with Gasteiger partial charge in [-0.1, -0.05) is 25.5 Å². The van der Waals surface area contributed by atoms with Gasteiger partial charge in [0.25, 0.3) is 11.5 Å². The van der Waals surface area contributed by atoms with Crippen molar-refractivity contribution in [2.45, 2.75) is 32.6 Å². The molecule has 0 aliphatic carbocycles. The highest BCUT2D eigenvalue weighted by atomic mass is 16.5. The van der Waals surface area contributed by atoms with Gasteiger partial charge in [-0.05, 0) is 18.6 Å². The highest BCUT2D eigenvalue weighted by molar-refractivity contribution is 5.80. The second kappa shape index (κ2) is 8.96. The first-order chi connectivity index (χ1) is 12.0. The lowest BCUT2D eigenvalue weighted by atomic mass is 10.2. The molecule has 0 saturated carbocycles. The van der Waals surface area contributed by atoms with Crippen LogP contribution in [0.2, 0.25) is 0 Å². The molecule has 7 heteroatoms. The summed E-state index contributed by atoms with van der Waals surface area (Å²) < 4.78 is 6.39. The van der Waals surface area contributed by atoms with Crippen LogP contribution < -0.4 is 10.9 Å². The number of aromatic nitrogens is 2. The number of nitrogens with zero attached hydrogens (tertiary/aromatic N) is 2. The molecule has 1 aromatic heterocycles. The van der Waals surface area contributed by atoms with Gasteiger partial charge < -0.3 is 10.1 Å². The van der Waals surface area contributed by atoms with E-state index in [2.05, 4.69) is 10.3 Å². The van der Waals surface area contributed by atoms with Crippen LogP contribution in [0.15, 0.2) is 29.1 Å². The van der Waals surface area contributed by atoms with E-state index in [0.29, 0.717) is 23.3 Å². The minimum atomic E-state index is -0.493. The Kier molecular flexibility index (Phi) is 6.68. The summed E-state index contributed by atoms with van der Waals surface area (Å²) >= 11 is 0. The molecule has 0 radical (unpaired) electrons. The van der Waals surface area contributed by atoms with Crippen LogP contribution in [0.4, 0.5) is 0 Å². The van der Waals surface area contributed by atoms with Crippen molar-refractivity contribution in [1.82, 2.24) is 14.9 Å². The Bertz CT molecular complexity index is 814. The number of esters is 1. The van der Waals surface area contributed by atoms with Crippen LogP contribution in [0.1, 0.15) is 32.0 Å². The fourth-order valence-electron chi connectivity index (χ4n) is 2.38. The van der Waals surface area contributed by atoms with E-state index in [1.54, 1.807) is 25.2 Å². The number of carbonyl (C=O) groups excluding carboxylic acids is 2. The average Bonchev–Trinajstić information content (AvgIpc) is 2.62. The molecular weight excluding hydrogens is 322 g/mol. The number of benzene rings is 1. The molecule has 1 aromatic carbocycles. The fraction of sp³-hybridized carbons (Fsp3) is 0.444. The lowest BCUT2D eigenvalue weighted by molar-refractivity contribution is -0.148. The van der Waals surface area contributed by atoms with Crippen molar-refractivity contribution in [2.24, 2.45) is 7.05 Å². The molecule has 2 aromatic rings. The van der Waals surface area contributed by atoms with Crippen LogP contribution in [0.25, 0.3) is 10.9 Å². The topological polar surface area (TPSA) is 90.3 Å². The van der Waals surface area contributed by atoms with Crippen molar-refractivity contribution in [1.29, 1.82) is 0 Å². The molecule has 2 rings (SSSR count). The van der Waals surface area contributed by atoms with Crippen molar-refractivity contribution in [3.63, 3.8) is 0 Å². The van der Waals surface area contributed by atoms with E-state index in [1.807, 2.05) is 13.0 Å². The van der Waals surface area contributed by atoms with Crippen LogP contribution in [0, 0.1) is 0 Å². The van der Waals surface area contributed by atoms with Crippen LogP contribution in [0.3, 0.4) is 0 Å². The van der Waals surface area contributed by atoms with E-state index in [9.17, 15) is 14.4 Å². The van der Waals surface area contributed by atoms with Gasteiger partial charge in [0.1, 0.15) is 5.82 Å². The van der Waals surface area contributed by atoms with Gasteiger partial charge in [-0.2, -0.15) is 0 Å². The van der Waals surface area contributed by atoms with Gasteiger partial charge in [0.2, 0.25) is 0 Å². The maximum absolute atomic E-state index is 12.3. The molecule has 1 N–H and O–H groups in total. The van der Waals surface area contributed by atoms with Gasteiger partial charge in [-0.3, -0.25) is 19.0 Å². The number of amides is 1. The molecule has 0 bridgehead atoms. The van der Waals surface area contributed by atoms with Crippen LogP contribution in [-0.4, -0.2) is 34.6 Å². The zero-order valence-corrected chi connectivity index (χ0v) is 14.6. The molecule has 0 spiro atoms. The molecule has 1 heterocycles. The third-order valence-corrected chi connectivity index (χ3v) is 3.85. The lowest BCUT2D eigenvalue weighted by Crippen LogP contribution is -2.29. The van der Waals surface area contributed by atoms with Crippen molar-refractivity contribution in [2.75, 3.05) is 13.2 Å². The van der Waals surface area contributed by atoms with Crippen LogP contribution >= 0.6 is 0 Å². The standard InChI is InChI=1S/C18H23N3O4/c1-3-4-11-19-16(22)12-25-17(23)10-9-15-20-14-8-6-5-7-13(14)18(24)21(15)2/h5-8H,3-4,9-12H2,1-2H3,(H,19,22). The number of nitrogens with one attached hydrogen (secondary N) is 1. The van der Waals surface area contributed by atoms with Crippen LogP contribution in [0.5, 0.6) is 0 Å². The molecular formula is C18H23N3O4. The predicted molar refractivity (Wildman–Crippen MR) is 94.2 cm³/mol. The number of carbonyl (C=O) groups is 2. The van der Waals surface area contributed by atoms with E-state index < -0.39 is 5.97 Å². The largest absolute Gasteiger partial charge is 0.456 e. The second-order valence-corrected chi connectivity index (χ2v) is 5.77. The quantitative estimate of drug-likeness (QED) is 0.576. The maximum Gasteiger partial charge on any atom is 0.306 e. The summed E-state index contributed by atoms with van der Waals surface area (Å²) in [5.41, 5.74) is 0.452. The average molecular weight is 345 g/mol. The summed E-state index contributed by atoms with van der Waals surface area (Å²) in [7, 11) is 1.63. The molecule has 0 atom stereocenters. The Morgan fingerprint density at radius 3 is 2.80 bits per heavy atom. The molecule has 0 aliphatic rings. The minimum Gasteiger partial charge on any atom is -0.456 e. The molecule has 0 aliphatic heterocycles. The number of unbranched alkanes of at least 4 members (excludes halogenated alkanes) is 1. The monoisotopic (exact) mass is 345 g/mol. The number of ether oxygens (including phenoxy) is 1. The number of para-hydroxylation sites is 1. The van der Waals surface area contributed by atoms with E-state index in [-0.39, 0.29) is 30.9 Å². The molecule has 1 amide bonds. The van der Waals surface area contributed by atoms with Crippen molar-refractivity contribution in [3.05, 3.63) is 40.4 Å². The SMILES string of the molecule is CCCCNC(=O)COC(=O)CCc1nc2ccccc2c(=O)n1C. The smallest absolute Gasteiger partial charge is 0.306 e. The summed E-state index contributed by atoms with van der Waals surface area (Å²) in [5.74, 6) is -0.292. The first kappa shape index (κ1) is 18.6. The van der Waals surface area contributed by atoms with Crippen molar-refractivity contribution < 1.29 is 14.3 Å². The van der Waals surface area contributed by atoms with Gasteiger partial charge in [-0.25, -0.2) is 4.98 Å². The highest BCUT2D eigenvalue weighted by Crippen LogP contribution is 2.08. The van der Waals surface area contributed by atoms with Gasteiger partial charge in [-0.15, -0.1) is 0 Å². The second-order valence-electron chi connectivity index (χ2n) is 5.77. The summed E-state index contributed by atoms with van der Waals surface area (Å²) in [4.78, 5) is 40.0. The normalized spacial score (nSPS) is 10.6. The first-order valence-corrected chi connectivity index (χ1v) is 8.40. The predicted octanol–water partition coefficient (Wildman–Crippen LogP) is 1.33. The van der Waals surface area contributed by atoms with Crippen molar-refractivity contribution >= 4 is 22.8 Å². The molecule has 0 fully saturated rings. The van der Waals surface area contributed by atoms with Gasteiger partial charge in [0, 0.05) is 20.0 Å². The lowest BCUT2D eigenvalue weighted by Gasteiger charge is -2.09. The maximum atomic E-state index is 12.3. The van der Waals surface area contributed by atoms with Crippen LogP contribution in [-0.2, 0) is 27.8 Å². The van der Waals surface area contributed by atoms with Gasteiger partial charge in [0.05, 0.1) is 17.3 Å². The molecule has 0 saturated heterocycles. The zero-order chi connectivity index (χ0) is 18.2. The Morgan fingerprint density at radius 2 is 2.04 bits per heavy atom. The minimum absolute atomic E-state index is 0.0564. The number of hydrogen-bond donors (Lipinski definition) is 1.